The Bertz CT molecular complexity index is 523. The van der Waals surface area contributed by atoms with Gasteiger partial charge in [-0.3, -0.25) is 4.79 Å². The van der Waals surface area contributed by atoms with Crippen LogP contribution in [-0.2, 0) is 0 Å². The molecule has 2 aliphatic rings. The first-order valence-corrected chi connectivity index (χ1v) is 7.79. The van der Waals surface area contributed by atoms with Crippen LogP contribution in [0.3, 0.4) is 0 Å². The Kier molecular flexibility index (Phi) is 3.93. The molecule has 2 atom stereocenters. The third kappa shape index (κ3) is 2.54. The van der Waals surface area contributed by atoms with E-state index in [-0.39, 0.29) is 11.9 Å². The number of rotatable bonds is 2. The molecule has 0 aromatic heterocycles. The fourth-order valence-corrected chi connectivity index (χ4v) is 3.75. The first-order chi connectivity index (χ1) is 9.56. The second-order valence-electron chi connectivity index (χ2n) is 5.78. The minimum absolute atomic E-state index is 0.0381. The van der Waals surface area contributed by atoms with Gasteiger partial charge in [-0.2, -0.15) is 0 Å². The minimum atomic E-state index is -0.0381. The van der Waals surface area contributed by atoms with Gasteiger partial charge in [0.15, 0.2) is 0 Å². The van der Waals surface area contributed by atoms with E-state index in [4.69, 9.17) is 23.2 Å². The Labute approximate surface area is 129 Å². The highest BCUT2D eigenvalue weighted by Gasteiger charge is 2.36. The van der Waals surface area contributed by atoms with Crippen LogP contribution in [-0.4, -0.2) is 36.0 Å². The predicted octanol–water partition coefficient (Wildman–Crippen LogP) is 3.35. The summed E-state index contributed by atoms with van der Waals surface area (Å²) < 4.78 is 0. The lowest BCUT2D eigenvalue weighted by Crippen LogP contribution is -2.48. The molecule has 1 N–H and O–H groups in total. The van der Waals surface area contributed by atoms with E-state index in [9.17, 15) is 4.79 Å². The average Bonchev–Trinajstić information content (AvgIpc) is 2.79. The zero-order chi connectivity index (χ0) is 14.3. The Hall–Kier alpha value is -0.770. The van der Waals surface area contributed by atoms with Crippen molar-refractivity contribution in [2.75, 3.05) is 7.05 Å². The number of carbonyl (C=O) groups is 1. The number of fused-ring (bicyclic) bond motifs is 2. The summed E-state index contributed by atoms with van der Waals surface area (Å²) in [6.07, 6.45) is 4.50. The lowest BCUT2D eigenvalue weighted by Gasteiger charge is -2.35. The monoisotopic (exact) mass is 312 g/mol. The molecule has 0 radical (unpaired) electrons. The van der Waals surface area contributed by atoms with Gasteiger partial charge >= 0.3 is 0 Å². The van der Waals surface area contributed by atoms with Crippen molar-refractivity contribution in [2.45, 2.75) is 43.8 Å². The van der Waals surface area contributed by atoms with Crippen molar-refractivity contribution in [3.05, 3.63) is 33.8 Å². The number of hydrogen-bond donors (Lipinski definition) is 1. The molecule has 0 aliphatic carbocycles. The first-order valence-electron chi connectivity index (χ1n) is 7.03. The smallest absolute Gasteiger partial charge is 0.255 e. The largest absolute Gasteiger partial charge is 0.339 e. The molecule has 2 heterocycles. The van der Waals surface area contributed by atoms with Gasteiger partial charge in [0.1, 0.15) is 0 Å². The SMILES string of the molecule is CN(C(=O)c1cccc(Cl)c1Cl)C1CC2CCC(C1)N2. The Morgan fingerprint density at radius 3 is 2.55 bits per heavy atom. The molecule has 2 bridgehead atoms. The van der Waals surface area contributed by atoms with Crippen LogP contribution in [0.1, 0.15) is 36.0 Å². The number of benzene rings is 1. The van der Waals surface area contributed by atoms with Crippen molar-refractivity contribution in [3.8, 4) is 0 Å². The molecule has 2 saturated heterocycles. The van der Waals surface area contributed by atoms with Crippen molar-refractivity contribution in [2.24, 2.45) is 0 Å². The number of nitrogens with zero attached hydrogens (tertiary/aromatic N) is 1. The van der Waals surface area contributed by atoms with Crippen LogP contribution in [0.2, 0.25) is 10.0 Å². The minimum Gasteiger partial charge on any atom is -0.339 e. The van der Waals surface area contributed by atoms with Gasteiger partial charge in [0.05, 0.1) is 15.6 Å². The number of carbonyl (C=O) groups excluding carboxylic acids is 1. The van der Waals surface area contributed by atoms with Gasteiger partial charge in [0, 0.05) is 25.2 Å². The van der Waals surface area contributed by atoms with Crippen molar-refractivity contribution < 1.29 is 4.79 Å². The third-order valence-electron chi connectivity index (χ3n) is 4.50. The highest BCUT2D eigenvalue weighted by molar-refractivity contribution is 6.43. The molecular weight excluding hydrogens is 295 g/mol. The van der Waals surface area contributed by atoms with Crippen LogP contribution in [0.25, 0.3) is 0 Å². The molecule has 0 spiro atoms. The third-order valence-corrected chi connectivity index (χ3v) is 5.32. The summed E-state index contributed by atoms with van der Waals surface area (Å²) in [4.78, 5) is 14.5. The van der Waals surface area contributed by atoms with E-state index < -0.39 is 0 Å². The van der Waals surface area contributed by atoms with Gasteiger partial charge in [0.25, 0.3) is 5.91 Å². The van der Waals surface area contributed by atoms with Gasteiger partial charge in [-0.25, -0.2) is 0 Å². The van der Waals surface area contributed by atoms with E-state index in [1.54, 1.807) is 18.2 Å². The molecule has 108 valence electrons. The molecule has 0 saturated carbocycles. The van der Waals surface area contributed by atoms with E-state index in [1.807, 2.05) is 11.9 Å². The van der Waals surface area contributed by atoms with Crippen molar-refractivity contribution in [1.29, 1.82) is 0 Å². The van der Waals surface area contributed by atoms with Crippen LogP contribution in [0.4, 0.5) is 0 Å². The normalized spacial score (nSPS) is 28.4. The number of hydrogen-bond acceptors (Lipinski definition) is 2. The van der Waals surface area contributed by atoms with Crippen molar-refractivity contribution in [1.82, 2.24) is 10.2 Å². The lowest BCUT2D eigenvalue weighted by atomic mass is 9.98. The molecule has 1 amide bonds. The summed E-state index contributed by atoms with van der Waals surface area (Å²) in [6, 6.07) is 6.61. The number of amides is 1. The summed E-state index contributed by atoms with van der Waals surface area (Å²) in [6.45, 7) is 0. The van der Waals surface area contributed by atoms with Gasteiger partial charge in [-0.05, 0) is 37.8 Å². The van der Waals surface area contributed by atoms with E-state index in [2.05, 4.69) is 5.32 Å². The summed E-state index contributed by atoms with van der Waals surface area (Å²) in [7, 11) is 1.87. The maximum atomic E-state index is 12.6. The molecule has 5 heteroatoms. The molecule has 2 aliphatic heterocycles. The van der Waals surface area contributed by atoms with Crippen LogP contribution in [0, 0.1) is 0 Å². The second-order valence-corrected chi connectivity index (χ2v) is 6.57. The van der Waals surface area contributed by atoms with Crippen LogP contribution >= 0.6 is 23.2 Å². The number of nitrogens with one attached hydrogen (secondary N) is 1. The average molecular weight is 313 g/mol. The molecular formula is C15H18Cl2N2O. The molecule has 2 fully saturated rings. The zero-order valence-corrected chi connectivity index (χ0v) is 12.9. The lowest BCUT2D eigenvalue weighted by molar-refractivity contribution is 0.0682. The standard InChI is InChI=1S/C15H18Cl2N2O/c1-19(11-7-9-5-6-10(8-11)18-9)15(20)12-3-2-4-13(16)14(12)17/h2-4,9-11,18H,5-8H2,1H3. The molecule has 3 rings (SSSR count). The zero-order valence-electron chi connectivity index (χ0n) is 11.4. The van der Waals surface area contributed by atoms with Crippen LogP contribution < -0.4 is 5.32 Å². The molecule has 20 heavy (non-hydrogen) atoms. The summed E-state index contributed by atoms with van der Waals surface area (Å²) in [5, 5.41) is 4.37. The summed E-state index contributed by atoms with van der Waals surface area (Å²) in [5.41, 5.74) is 0.493. The highest BCUT2D eigenvalue weighted by Crippen LogP contribution is 2.31. The highest BCUT2D eigenvalue weighted by atomic mass is 35.5. The Balaban J connectivity index is 1.78. The van der Waals surface area contributed by atoms with E-state index in [1.165, 1.54) is 12.8 Å². The first kappa shape index (κ1) is 14.2. The second kappa shape index (κ2) is 5.55. The van der Waals surface area contributed by atoms with Gasteiger partial charge in [-0.15, -0.1) is 0 Å². The van der Waals surface area contributed by atoms with Gasteiger partial charge in [0.2, 0.25) is 0 Å². The van der Waals surface area contributed by atoms with E-state index in [0.29, 0.717) is 27.7 Å². The maximum Gasteiger partial charge on any atom is 0.255 e. The maximum absolute atomic E-state index is 12.6. The Morgan fingerprint density at radius 2 is 1.90 bits per heavy atom. The predicted molar refractivity (Wildman–Crippen MR) is 81.5 cm³/mol. The fourth-order valence-electron chi connectivity index (χ4n) is 3.37. The topological polar surface area (TPSA) is 32.3 Å². The van der Waals surface area contributed by atoms with Gasteiger partial charge in [-0.1, -0.05) is 29.3 Å². The quantitative estimate of drug-likeness (QED) is 0.908. The van der Waals surface area contributed by atoms with Crippen molar-refractivity contribution in [3.63, 3.8) is 0 Å². The number of piperidine rings is 1. The summed E-state index contributed by atoms with van der Waals surface area (Å²) >= 11 is 12.1. The van der Waals surface area contributed by atoms with Crippen LogP contribution in [0.15, 0.2) is 18.2 Å². The molecule has 1 aromatic rings. The summed E-state index contributed by atoms with van der Waals surface area (Å²) in [5.74, 6) is -0.0381. The van der Waals surface area contributed by atoms with Crippen molar-refractivity contribution >= 4 is 29.1 Å². The Morgan fingerprint density at radius 1 is 1.25 bits per heavy atom. The van der Waals surface area contributed by atoms with Crippen LogP contribution in [0.5, 0.6) is 0 Å². The molecule has 3 nitrogen and oxygen atoms in total. The van der Waals surface area contributed by atoms with E-state index >= 15 is 0 Å². The van der Waals surface area contributed by atoms with Gasteiger partial charge < -0.3 is 10.2 Å². The number of halogens is 2. The molecule has 1 aromatic carbocycles. The molecule has 2 unspecified atom stereocenters. The fraction of sp³-hybridized carbons (Fsp3) is 0.533. The van der Waals surface area contributed by atoms with E-state index in [0.717, 1.165) is 12.8 Å².